The highest BCUT2D eigenvalue weighted by Crippen LogP contribution is 2.19. The normalized spacial score (nSPS) is 16.2. The predicted octanol–water partition coefficient (Wildman–Crippen LogP) is 2.02. The van der Waals surface area contributed by atoms with Crippen LogP contribution in [-0.2, 0) is 16.6 Å². The van der Waals surface area contributed by atoms with Crippen LogP contribution < -0.4 is 4.90 Å². The molecule has 0 spiro atoms. The lowest BCUT2D eigenvalue weighted by molar-refractivity contribution is 0.322. The summed E-state index contributed by atoms with van der Waals surface area (Å²) in [4.78, 5) is 6.36. The van der Waals surface area contributed by atoms with E-state index in [2.05, 4.69) is 10.1 Å². The minimum Gasteiger partial charge on any atom is -0.322 e. The number of benzene rings is 1. The Morgan fingerprint density at radius 1 is 1.19 bits per heavy atom. The van der Waals surface area contributed by atoms with Gasteiger partial charge in [-0.1, -0.05) is 42.7 Å². The molecule has 2 heterocycles. The van der Waals surface area contributed by atoms with Crippen molar-refractivity contribution in [2.45, 2.75) is 20.3 Å². The van der Waals surface area contributed by atoms with Crippen molar-refractivity contribution in [3.8, 4) is 0 Å². The van der Waals surface area contributed by atoms with Gasteiger partial charge >= 0.3 is 6.01 Å². The van der Waals surface area contributed by atoms with E-state index in [0.29, 0.717) is 62.6 Å². The summed E-state index contributed by atoms with van der Waals surface area (Å²) in [6.07, 6.45) is 0.528. The number of hydrogen-bond donors (Lipinski definition) is 0. The van der Waals surface area contributed by atoms with Crippen molar-refractivity contribution in [3.63, 3.8) is 0 Å². The van der Waals surface area contributed by atoms with Gasteiger partial charge in [-0.2, -0.15) is 22.0 Å². The summed E-state index contributed by atoms with van der Waals surface area (Å²) in [6.45, 7) is 6.44. The van der Waals surface area contributed by atoms with Crippen LogP contribution in [0, 0.1) is 0 Å². The maximum Gasteiger partial charge on any atom is 0.324 e. The van der Waals surface area contributed by atoms with E-state index >= 15 is 0 Å². The van der Waals surface area contributed by atoms with Crippen LogP contribution in [0.2, 0.25) is 5.02 Å². The molecular weight excluding hydrogens is 390 g/mol. The molecule has 0 atom stereocenters. The summed E-state index contributed by atoms with van der Waals surface area (Å²) in [5.41, 5.74) is 1.00. The molecule has 1 aromatic carbocycles. The number of halogens is 1. The number of anilines is 1. The maximum atomic E-state index is 12.6. The van der Waals surface area contributed by atoms with Crippen LogP contribution in [0.25, 0.3) is 0 Å². The Labute approximate surface area is 164 Å². The fourth-order valence-corrected chi connectivity index (χ4v) is 4.91. The molecule has 148 valence electrons. The fourth-order valence-electron chi connectivity index (χ4n) is 3.10. The second-order valence-corrected chi connectivity index (χ2v) is 8.64. The van der Waals surface area contributed by atoms with Gasteiger partial charge in [0.15, 0.2) is 5.82 Å². The first-order valence-corrected chi connectivity index (χ1v) is 10.8. The molecule has 1 aliphatic rings. The van der Waals surface area contributed by atoms with E-state index in [0.717, 1.165) is 5.56 Å². The standard InChI is InChI=1S/C17H24ClN5O3S/c1-3-22(4-2)27(24,25)23-10-8-21(9-11-23)17-19-16(20-26-17)13-14-6-5-7-15(18)12-14/h5-7,12H,3-4,8-11,13H2,1-2H3. The van der Waals surface area contributed by atoms with Crippen LogP contribution >= 0.6 is 11.6 Å². The van der Waals surface area contributed by atoms with Crippen molar-refractivity contribution in [1.29, 1.82) is 0 Å². The van der Waals surface area contributed by atoms with Gasteiger partial charge in [-0.3, -0.25) is 0 Å². The summed E-state index contributed by atoms with van der Waals surface area (Å²) in [5.74, 6) is 0.574. The Morgan fingerprint density at radius 2 is 1.89 bits per heavy atom. The van der Waals surface area contributed by atoms with E-state index in [4.69, 9.17) is 16.1 Å². The highest BCUT2D eigenvalue weighted by atomic mass is 35.5. The first kappa shape index (κ1) is 20.1. The fraction of sp³-hybridized carbons (Fsp3) is 0.529. The smallest absolute Gasteiger partial charge is 0.322 e. The van der Waals surface area contributed by atoms with Gasteiger partial charge in [-0.25, -0.2) is 0 Å². The molecule has 1 fully saturated rings. The Kier molecular flexibility index (Phi) is 6.36. The molecule has 0 radical (unpaired) electrons. The highest BCUT2D eigenvalue weighted by molar-refractivity contribution is 7.86. The van der Waals surface area contributed by atoms with Crippen LogP contribution in [0.1, 0.15) is 25.2 Å². The topological polar surface area (TPSA) is 82.8 Å². The van der Waals surface area contributed by atoms with Gasteiger partial charge in [0.05, 0.1) is 0 Å². The quantitative estimate of drug-likeness (QED) is 0.690. The molecule has 10 heteroatoms. The van der Waals surface area contributed by atoms with Crippen LogP contribution in [-0.4, -0.2) is 66.4 Å². The molecule has 0 amide bonds. The zero-order valence-electron chi connectivity index (χ0n) is 15.5. The number of nitrogens with zero attached hydrogens (tertiary/aromatic N) is 5. The highest BCUT2D eigenvalue weighted by Gasteiger charge is 2.32. The SMILES string of the molecule is CCN(CC)S(=O)(=O)N1CCN(c2nc(Cc3cccc(Cl)c3)no2)CC1. The second kappa shape index (κ2) is 8.55. The third-order valence-corrected chi connectivity index (χ3v) is 7.00. The zero-order chi connectivity index (χ0) is 19.4. The molecule has 1 aliphatic heterocycles. The molecule has 8 nitrogen and oxygen atoms in total. The van der Waals surface area contributed by atoms with Crippen molar-refractivity contribution < 1.29 is 12.9 Å². The number of piperazine rings is 1. The number of hydrogen-bond acceptors (Lipinski definition) is 6. The third-order valence-electron chi connectivity index (χ3n) is 4.58. The predicted molar refractivity (Wildman–Crippen MR) is 104 cm³/mol. The second-order valence-electron chi connectivity index (χ2n) is 6.28. The monoisotopic (exact) mass is 413 g/mol. The van der Waals surface area contributed by atoms with Crippen LogP contribution in [0.15, 0.2) is 28.8 Å². The lowest BCUT2D eigenvalue weighted by atomic mass is 10.1. The zero-order valence-corrected chi connectivity index (χ0v) is 17.1. The van der Waals surface area contributed by atoms with E-state index in [9.17, 15) is 8.42 Å². The molecule has 0 unspecified atom stereocenters. The van der Waals surface area contributed by atoms with Gasteiger partial charge in [0, 0.05) is 50.7 Å². The van der Waals surface area contributed by atoms with Gasteiger partial charge in [-0.05, 0) is 17.7 Å². The number of aromatic nitrogens is 2. The van der Waals surface area contributed by atoms with Gasteiger partial charge in [-0.15, -0.1) is 0 Å². The average molecular weight is 414 g/mol. The third kappa shape index (κ3) is 4.60. The summed E-state index contributed by atoms with van der Waals surface area (Å²) >= 11 is 6.00. The Balaban J connectivity index is 1.61. The van der Waals surface area contributed by atoms with Crippen LogP contribution in [0.3, 0.4) is 0 Å². The Bertz CT molecular complexity index is 861. The first-order chi connectivity index (χ1) is 12.9. The van der Waals surface area contributed by atoms with E-state index in [1.807, 2.05) is 43.0 Å². The van der Waals surface area contributed by atoms with Gasteiger partial charge < -0.3 is 9.42 Å². The van der Waals surface area contributed by atoms with Crippen molar-refractivity contribution in [3.05, 3.63) is 40.7 Å². The summed E-state index contributed by atoms with van der Waals surface area (Å²) in [7, 11) is -3.41. The minimum absolute atomic E-state index is 0.394. The lowest BCUT2D eigenvalue weighted by Crippen LogP contribution is -2.53. The molecule has 0 N–H and O–H groups in total. The largest absolute Gasteiger partial charge is 0.324 e. The van der Waals surface area contributed by atoms with E-state index in [1.54, 1.807) is 0 Å². The Hall–Kier alpha value is -1.68. The van der Waals surface area contributed by atoms with Crippen molar-refractivity contribution in [2.24, 2.45) is 0 Å². The number of rotatable bonds is 7. The lowest BCUT2D eigenvalue weighted by Gasteiger charge is -2.35. The first-order valence-electron chi connectivity index (χ1n) is 9.01. The van der Waals surface area contributed by atoms with E-state index in [-0.39, 0.29) is 0 Å². The van der Waals surface area contributed by atoms with Crippen molar-refractivity contribution in [2.75, 3.05) is 44.2 Å². The Morgan fingerprint density at radius 3 is 2.52 bits per heavy atom. The van der Waals surface area contributed by atoms with Crippen LogP contribution in [0.5, 0.6) is 0 Å². The maximum absolute atomic E-state index is 12.6. The molecule has 3 rings (SSSR count). The van der Waals surface area contributed by atoms with E-state index < -0.39 is 10.2 Å². The molecule has 0 aliphatic carbocycles. The van der Waals surface area contributed by atoms with Crippen LogP contribution in [0.4, 0.5) is 6.01 Å². The molecule has 0 saturated carbocycles. The summed E-state index contributed by atoms with van der Waals surface area (Å²) in [6, 6.07) is 7.95. The molecule has 1 saturated heterocycles. The molecule has 2 aromatic rings. The van der Waals surface area contributed by atoms with Gasteiger partial charge in [0.25, 0.3) is 10.2 Å². The molecule has 1 aromatic heterocycles. The average Bonchev–Trinajstić information content (AvgIpc) is 3.11. The summed E-state index contributed by atoms with van der Waals surface area (Å²) < 4.78 is 33.5. The van der Waals surface area contributed by atoms with Gasteiger partial charge in [0.2, 0.25) is 0 Å². The molecule has 27 heavy (non-hydrogen) atoms. The summed E-state index contributed by atoms with van der Waals surface area (Å²) in [5, 5.41) is 4.70. The van der Waals surface area contributed by atoms with Gasteiger partial charge in [0.1, 0.15) is 0 Å². The van der Waals surface area contributed by atoms with E-state index in [1.165, 1.54) is 8.61 Å². The minimum atomic E-state index is -3.41. The molecular formula is C17H24ClN5O3S. The van der Waals surface area contributed by atoms with Crippen molar-refractivity contribution in [1.82, 2.24) is 18.8 Å². The molecule has 0 bridgehead atoms. The van der Waals surface area contributed by atoms with Crippen molar-refractivity contribution >= 4 is 27.8 Å².